The Labute approximate surface area is 101 Å². The van der Waals surface area contributed by atoms with Crippen LogP contribution in [-0.4, -0.2) is 24.8 Å². The van der Waals surface area contributed by atoms with Crippen LogP contribution in [0.3, 0.4) is 0 Å². The Kier molecular flexibility index (Phi) is 3.05. The van der Waals surface area contributed by atoms with Crippen molar-refractivity contribution in [3.05, 3.63) is 21.7 Å². The quantitative estimate of drug-likeness (QED) is 0.924. The number of fused-ring (bicyclic) bond motifs is 1. The summed E-state index contributed by atoms with van der Waals surface area (Å²) in [6.45, 7) is 0.612. The molecule has 0 bridgehead atoms. The first-order valence-corrected chi connectivity index (χ1v) is 5.65. The topological polar surface area (TPSA) is 55.8 Å². The van der Waals surface area contributed by atoms with Crippen LogP contribution in [-0.2, 0) is 17.6 Å². The molecule has 0 aromatic heterocycles. The highest BCUT2D eigenvalue weighted by Gasteiger charge is 2.23. The van der Waals surface area contributed by atoms with E-state index in [0.29, 0.717) is 17.9 Å². The molecule has 0 fully saturated rings. The van der Waals surface area contributed by atoms with Crippen LogP contribution in [0.1, 0.15) is 11.1 Å². The molecule has 4 nitrogen and oxygen atoms in total. The minimum absolute atomic E-state index is 0.0236. The number of benzene rings is 1. The third-order valence-electron chi connectivity index (χ3n) is 2.51. The number of methoxy groups -OCH3 is 1. The number of ether oxygens (including phenoxy) is 2. The van der Waals surface area contributed by atoms with E-state index in [9.17, 15) is 4.79 Å². The van der Waals surface area contributed by atoms with Crippen LogP contribution < -0.4 is 9.47 Å². The van der Waals surface area contributed by atoms with Crippen LogP contribution >= 0.6 is 15.9 Å². The van der Waals surface area contributed by atoms with E-state index in [1.54, 1.807) is 13.2 Å². The van der Waals surface area contributed by atoms with Crippen LogP contribution in [0.5, 0.6) is 11.5 Å². The minimum atomic E-state index is -0.860. The first kappa shape index (κ1) is 11.3. The minimum Gasteiger partial charge on any atom is -0.493 e. The normalized spacial score (nSPS) is 13.1. The van der Waals surface area contributed by atoms with Gasteiger partial charge in [-0.2, -0.15) is 0 Å². The Bertz CT molecular complexity index is 442. The SMILES string of the molecule is COc1cc(CC(=O)O)c(Br)c2c1OCC2. The molecule has 1 aliphatic heterocycles. The van der Waals surface area contributed by atoms with Crippen molar-refractivity contribution in [3.63, 3.8) is 0 Å². The molecule has 0 amide bonds. The number of carbonyl (C=O) groups is 1. The molecule has 0 radical (unpaired) electrons. The van der Waals surface area contributed by atoms with E-state index in [1.165, 1.54) is 0 Å². The van der Waals surface area contributed by atoms with Crippen molar-refractivity contribution >= 4 is 21.9 Å². The van der Waals surface area contributed by atoms with Gasteiger partial charge in [-0.3, -0.25) is 4.79 Å². The Hall–Kier alpha value is -1.23. The molecule has 0 atom stereocenters. The second-order valence-electron chi connectivity index (χ2n) is 3.53. The van der Waals surface area contributed by atoms with Gasteiger partial charge in [0.05, 0.1) is 20.1 Å². The first-order valence-electron chi connectivity index (χ1n) is 4.86. The van der Waals surface area contributed by atoms with Crippen molar-refractivity contribution in [1.29, 1.82) is 0 Å². The Morgan fingerprint density at radius 1 is 1.69 bits per heavy atom. The highest BCUT2D eigenvalue weighted by Crippen LogP contribution is 2.42. The van der Waals surface area contributed by atoms with Gasteiger partial charge >= 0.3 is 5.97 Å². The molecular weight excluding hydrogens is 276 g/mol. The molecule has 16 heavy (non-hydrogen) atoms. The number of aliphatic carboxylic acids is 1. The summed E-state index contributed by atoms with van der Waals surface area (Å²) in [6.07, 6.45) is 0.754. The highest BCUT2D eigenvalue weighted by atomic mass is 79.9. The van der Waals surface area contributed by atoms with Crippen LogP contribution in [0.4, 0.5) is 0 Å². The zero-order valence-corrected chi connectivity index (χ0v) is 10.3. The van der Waals surface area contributed by atoms with Crippen molar-refractivity contribution in [2.24, 2.45) is 0 Å². The van der Waals surface area contributed by atoms with Crippen molar-refractivity contribution in [2.75, 3.05) is 13.7 Å². The van der Waals surface area contributed by atoms with E-state index < -0.39 is 5.97 Å². The Balaban J connectivity index is 2.51. The number of hydrogen-bond acceptors (Lipinski definition) is 3. The zero-order chi connectivity index (χ0) is 11.7. The lowest BCUT2D eigenvalue weighted by atomic mass is 10.1. The van der Waals surface area contributed by atoms with Crippen molar-refractivity contribution in [3.8, 4) is 11.5 Å². The standard InChI is InChI=1S/C11H11BrO4/c1-15-8-4-6(5-9(13)14)10(12)7-2-3-16-11(7)8/h4H,2-3,5H2,1H3,(H,13,14). The highest BCUT2D eigenvalue weighted by molar-refractivity contribution is 9.10. The summed E-state index contributed by atoms with van der Waals surface area (Å²) in [5, 5.41) is 8.81. The predicted molar refractivity (Wildman–Crippen MR) is 61.2 cm³/mol. The molecule has 0 spiro atoms. The number of halogens is 1. The average molecular weight is 287 g/mol. The zero-order valence-electron chi connectivity index (χ0n) is 8.75. The fraction of sp³-hybridized carbons (Fsp3) is 0.364. The Morgan fingerprint density at radius 3 is 3.06 bits per heavy atom. The molecule has 86 valence electrons. The molecule has 0 aliphatic carbocycles. The smallest absolute Gasteiger partial charge is 0.307 e. The van der Waals surface area contributed by atoms with Crippen LogP contribution in [0.2, 0.25) is 0 Å². The summed E-state index contributed by atoms with van der Waals surface area (Å²) >= 11 is 3.43. The number of rotatable bonds is 3. The number of carboxylic acid groups (broad SMARTS) is 1. The first-order chi connectivity index (χ1) is 7.63. The van der Waals surface area contributed by atoms with Gasteiger partial charge in [-0.25, -0.2) is 0 Å². The molecule has 1 aliphatic rings. The fourth-order valence-electron chi connectivity index (χ4n) is 1.81. The predicted octanol–water partition coefficient (Wildman–Crippen LogP) is 2.02. The van der Waals surface area contributed by atoms with E-state index in [-0.39, 0.29) is 6.42 Å². The van der Waals surface area contributed by atoms with Gasteiger partial charge in [-0.1, -0.05) is 15.9 Å². The maximum atomic E-state index is 10.7. The third-order valence-corrected chi connectivity index (χ3v) is 3.50. The van der Waals surface area contributed by atoms with E-state index in [2.05, 4.69) is 15.9 Å². The monoisotopic (exact) mass is 286 g/mol. The average Bonchev–Trinajstić information content (AvgIpc) is 2.70. The van der Waals surface area contributed by atoms with Gasteiger partial charge in [0.2, 0.25) is 0 Å². The van der Waals surface area contributed by atoms with Crippen molar-refractivity contribution < 1.29 is 19.4 Å². The molecule has 1 N–H and O–H groups in total. The second-order valence-corrected chi connectivity index (χ2v) is 4.32. The summed E-state index contributed by atoms with van der Waals surface area (Å²) in [5.41, 5.74) is 1.71. The summed E-state index contributed by atoms with van der Waals surface area (Å²) in [5.74, 6) is 0.470. The van der Waals surface area contributed by atoms with Gasteiger partial charge in [0.25, 0.3) is 0 Å². The maximum absolute atomic E-state index is 10.7. The van der Waals surface area contributed by atoms with Gasteiger partial charge in [-0.05, 0) is 11.6 Å². The lowest BCUT2D eigenvalue weighted by Crippen LogP contribution is -2.02. The van der Waals surface area contributed by atoms with Crippen LogP contribution in [0.15, 0.2) is 10.5 Å². The summed E-state index contributed by atoms with van der Waals surface area (Å²) in [7, 11) is 1.55. The van der Waals surface area contributed by atoms with Gasteiger partial charge in [0.1, 0.15) is 0 Å². The molecule has 0 saturated carbocycles. The van der Waals surface area contributed by atoms with Crippen LogP contribution in [0.25, 0.3) is 0 Å². The molecule has 1 heterocycles. The summed E-state index contributed by atoms with van der Waals surface area (Å²) in [4.78, 5) is 10.7. The molecular formula is C11H11BrO4. The van der Waals surface area contributed by atoms with Crippen LogP contribution in [0, 0.1) is 0 Å². The lowest BCUT2D eigenvalue weighted by molar-refractivity contribution is -0.136. The van der Waals surface area contributed by atoms with Gasteiger partial charge in [-0.15, -0.1) is 0 Å². The summed E-state index contributed by atoms with van der Waals surface area (Å²) in [6, 6.07) is 1.71. The molecule has 1 aromatic rings. The van der Waals surface area contributed by atoms with E-state index in [0.717, 1.165) is 22.2 Å². The third kappa shape index (κ3) is 1.87. The summed E-state index contributed by atoms with van der Waals surface area (Å²) < 4.78 is 11.5. The molecule has 2 rings (SSSR count). The van der Waals surface area contributed by atoms with Gasteiger partial charge in [0.15, 0.2) is 11.5 Å². The molecule has 5 heteroatoms. The van der Waals surface area contributed by atoms with Crippen molar-refractivity contribution in [2.45, 2.75) is 12.8 Å². The van der Waals surface area contributed by atoms with Gasteiger partial charge in [0, 0.05) is 16.5 Å². The number of hydrogen-bond donors (Lipinski definition) is 1. The second kappa shape index (κ2) is 4.33. The fourth-order valence-corrected chi connectivity index (χ4v) is 2.44. The lowest BCUT2D eigenvalue weighted by Gasteiger charge is -2.11. The van der Waals surface area contributed by atoms with E-state index in [1.807, 2.05) is 0 Å². The van der Waals surface area contributed by atoms with Gasteiger partial charge < -0.3 is 14.6 Å². The molecule has 1 aromatic carbocycles. The largest absolute Gasteiger partial charge is 0.493 e. The van der Waals surface area contributed by atoms with E-state index >= 15 is 0 Å². The molecule has 0 saturated heterocycles. The number of carboxylic acids is 1. The van der Waals surface area contributed by atoms with E-state index in [4.69, 9.17) is 14.6 Å². The molecule has 0 unspecified atom stereocenters. The maximum Gasteiger partial charge on any atom is 0.307 e. The Morgan fingerprint density at radius 2 is 2.44 bits per heavy atom. The van der Waals surface area contributed by atoms with Crippen molar-refractivity contribution in [1.82, 2.24) is 0 Å².